The van der Waals surface area contributed by atoms with Gasteiger partial charge in [0.1, 0.15) is 0 Å². The highest BCUT2D eigenvalue weighted by atomic mass is 35.5. The number of hydrogen-bond donors (Lipinski definition) is 0. The van der Waals surface area contributed by atoms with Gasteiger partial charge < -0.3 is 0 Å². The summed E-state index contributed by atoms with van der Waals surface area (Å²) in [5, 5.41) is 0. The molecular formula is C25H24Cl2N2O. The van der Waals surface area contributed by atoms with Crippen LogP contribution in [0.3, 0.4) is 0 Å². The fraction of sp³-hybridized carbons (Fsp3) is 0.240. The van der Waals surface area contributed by atoms with Gasteiger partial charge in [0, 0.05) is 41.7 Å². The fourth-order valence-electron chi connectivity index (χ4n) is 4.45. The molecule has 1 heterocycles. The number of benzene rings is 3. The molecule has 0 bridgehead atoms. The van der Waals surface area contributed by atoms with Gasteiger partial charge in [-0.2, -0.15) is 0 Å². The molecule has 0 radical (unpaired) electrons. The van der Waals surface area contributed by atoms with E-state index in [1.54, 1.807) is 0 Å². The fourth-order valence-corrected chi connectivity index (χ4v) is 4.86. The van der Waals surface area contributed by atoms with Crippen LogP contribution in [-0.2, 0) is 5.66 Å². The summed E-state index contributed by atoms with van der Waals surface area (Å²) in [6.45, 7) is 3.22. The average Bonchev–Trinajstić information content (AvgIpc) is 3.04. The zero-order valence-electron chi connectivity index (χ0n) is 16.9. The van der Waals surface area contributed by atoms with Crippen LogP contribution in [0.4, 0.5) is 5.69 Å². The Labute approximate surface area is 187 Å². The number of anilines is 1. The number of halogens is 2. The van der Waals surface area contributed by atoms with Crippen LogP contribution in [0.5, 0.6) is 0 Å². The Morgan fingerprint density at radius 2 is 1.43 bits per heavy atom. The molecule has 0 unspecified atom stereocenters. The minimum atomic E-state index is -0.825. The lowest BCUT2D eigenvalue weighted by Gasteiger charge is -2.47. The van der Waals surface area contributed by atoms with E-state index in [1.165, 1.54) is 0 Å². The van der Waals surface area contributed by atoms with Gasteiger partial charge in [0.05, 0.1) is 0 Å². The minimum Gasteiger partial charge on any atom is -0.281 e. The van der Waals surface area contributed by atoms with Crippen molar-refractivity contribution in [1.29, 1.82) is 0 Å². The second kappa shape index (κ2) is 8.81. The summed E-state index contributed by atoms with van der Waals surface area (Å²) in [5.41, 5.74) is 3.84. The number of carbonyl (C=O) groups excluding carboxylic acids is 1. The maximum absolute atomic E-state index is 13.8. The van der Waals surface area contributed by atoms with E-state index in [2.05, 4.69) is 17.0 Å². The van der Waals surface area contributed by atoms with Crippen molar-refractivity contribution in [1.82, 2.24) is 4.90 Å². The van der Waals surface area contributed by atoms with Gasteiger partial charge in [0.2, 0.25) is 0 Å². The van der Waals surface area contributed by atoms with Crippen LogP contribution >= 0.6 is 23.2 Å². The molecule has 1 atom stereocenters. The SMILES string of the molecule is Cc1ccc(N2C(=O)c3ccccc3[C@]2(c2ccccc2)N(CCCl)CCCl)cc1. The lowest BCUT2D eigenvalue weighted by atomic mass is 9.88. The molecule has 5 heteroatoms. The van der Waals surface area contributed by atoms with Gasteiger partial charge in [-0.25, -0.2) is 0 Å². The van der Waals surface area contributed by atoms with Crippen LogP contribution < -0.4 is 4.90 Å². The molecule has 0 N–H and O–H groups in total. The summed E-state index contributed by atoms with van der Waals surface area (Å²) in [5.74, 6) is 0.847. The van der Waals surface area contributed by atoms with Crippen molar-refractivity contribution in [3.63, 3.8) is 0 Å². The molecule has 1 aliphatic rings. The van der Waals surface area contributed by atoms with Crippen LogP contribution in [0.25, 0.3) is 0 Å². The summed E-state index contributed by atoms with van der Waals surface area (Å²) in [6, 6.07) is 26.1. The number of rotatable bonds is 7. The molecule has 1 amide bonds. The second-order valence-electron chi connectivity index (χ2n) is 7.42. The van der Waals surface area contributed by atoms with Crippen molar-refractivity contribution in [2.45, 2.75) is 12.6 Å². The molecule has 0 saturated carbocycles. The quantitative estimate of drug-likeness (QED) is 0.445. The molecule has 0 spiro atoms. The monoisotopic (exact) mass is 438 g/mol. The van der Waals surface area contributed by atoms with Gasteiger partial charge in [-0.15, -0.1) is 23.2 Å². The van der Waals surface area contributed by atoms with E-state index in [1.807, 2.05) is 78.6 Å². The van der Waals surface area contributed by atoms with Gasteiger partial charge in [-0.05, 0) is 30.7 Å². The van der Waals surface area contributed by atoms with E-state index in [9.17, 15) is 4.79 Å². The minimum absolute atomic E-state index is 0.0209. The molecule has 154 valence electrons. The number of fused-ring (bicyclic) bond motifs is 1. The highest BCUT2D eigenvalue weighted by Gasteiger charge is 2.54. The van der Waals surface area contributed by atoms with Crippen LogP contribution in [0.15, 0.2) is 78.9 Å². The van der Waals surface area contributed by atoms with E-state index in [4.69, 9.17) is 23.2 Å². The van der Waals surface area contributed by atoms with Crippen molar-refractivity contribution in [3.05, 3.63) is 101 Å². The lowest BCUT2D eigenvalue weighted by molar-refractivity contribution is 0.0892. The Morgan fingerprint density at radius 1 is 0.833 bits per heavy atom. The molecule has 30 heavy (non-hydrogen) atoms. The summed E-state index contributed by atoms with van der Waals surface area (Å²) in [6.07, 6.45) is 0. The maximum Gasteiger partial charge on any atom is 0.260 e. The van der Waals surface area contributed by atoms with Crippen molar-refractivity contribution >= 4 is 34.8 Å². The van der Waals surface area contributed by atoms with E-state index in [-0.39, 0.29) is 5.91 Å². The van der Waals surface area contributed by atoms with Crippen molar-refractivity contribution in [3.8, 4) is 0 Å². The van der Waals surface area contributed by atoms with Gasteiger partial charge in [-0.3, -0.25) is 14.6 Å². The third-order valence-corrected chi connectivity index (χ3v) is 6.03. The van der Waals surface area contributed by atoms with Crippen molar-refractivity contribution in [2.75, 3.05) is 29.7 Å². The summed E-state index contributed by atoms with van der Waals surface area (Å²) in [7, 11) is 0. The Balaban J connectivity index is 2.07. The van der Waals surface area contributed by atoms with Crippen molar-refractivity contribution < 1.29 is 4.79 Å². The first-order chi connectivity index (χ1) is 14.6. The third kappa shape index (κ3) is 3.31. The molecule has 0 aromatic heterocycles. The van der Waals surface area contributed by atoms with E-state index in [0.717, 1.165) is 22.4 Å². The summed E-state index contributed by atoms with van der Waals surface area (Å²) < 4.78 is 0. The van der Waals surface area contributed by atoms with Crippen LogP contribution in [0.1, 0.15) is 27.0 Å². The molecular weight excluding hydrogens is 415 g/mol. The number of aryl methyl sites for hydroxylation is 1. The maximum atomic E-state index is 13.8. The lowest BCUT2D eigenvalue weighted by Crippen LogP contribution is -2.58. The molecule has 3 aromatic carbocycles. The molecule has 0 aliphatic carbocycles. The van der Waals surface area contributed by atoms with E-state index >= 15 is 0 Å². The number of nitrogens with zero attached hydrogens (tertiary/aromatic N) is 2. The van der Waals surface area contributed by atoms with Crippen LogP contribution in [0.2, 0.25) is 0 Å². The van der Waals surface area contributed by atoms with Gasteiger partial charge in [0.25, 0.3) is 5.91 Å². The zero-order chi connectivity index (χ0) is 21.1. The average molecular weight is 439 g/mol. The van der Waals surface area contributed by atoms with E-state index in [0.29, 0.717) is 30.4 Å². The zero-order valence-corrected chi connectivity index (χ0v) is 18.4. The Bertz CT molecular complexity index is 1020. The molecule has 0 fully saturated rings. The summed E-state index contributed by atoms with van der Waals surface area (Å²) >= 11 is 12.5. The van der Waals surface area contributed by atoms with Gasteiger partial charge in [0.15, 0.2) is 5.66 Å². The Morgan fingerprint density at radius 3 is 2.07 bits per heavy atom. The molecule has 3 nitrogen and oxygen atoms in total. The smallest absolute Gasteiger partial charge is 0.260 e. The Hall–Kier alpha value is -2.33. The highest BCUT2D eigenvalue weighted by Crippen LogP contribution is 2.48. The largest absolute Gasteiger partial charge is 0.281 e. The van der Waals surface area contributed by atoms with E-state index < -0.39 is 5.66 Å². The molecule has 1 aliphatic heterocycles. The standard InChI is InChI=1S/C25H24Cl2N2O/c1-19-11-13-21(14-12-19)29-24(30)22-9-5-6-10-23(22)25(29,20-7-3-2-4-8-20)28(17-15-26)18-16-27/h2-14H,15-18H2,1H3/t25-/m1/s1. The summed E-state index contributed by atoms with van der Waals surface area (Å²) in [4.78, 5) is 18.0. The van der Waals surface area contributed by atoms with Crippen LogP contribution in [0, 0.1) is 6.92 Å². The Kier molecular flexibility index (Phi) is 6.14. The first-order valence-electron chi connectivity index (χ1n) is 10.1. The third-order valence-electron chi connectivity index (χ3n) is 5.69. The first-order valence-corrected chi connectivity index (χ1v) is 11.1. The topological polar surface area (TPSA) is 23.6 Å². The molecule has 3 aromatic rings. The normalized spacial score (nSPS) is 18.1. The predicted molar refractivity (Wildman–Crippen MR) is 125 cm³/mol. The first kappa shape index (κ1) is 20.9. The van der Waals surface area contributed by atoms with Crippen molar-refractivity contribution in [2.24, 2.45) is 0 Å². The molecule has 4 rings (SSSR count). The highest BCUT2D eigenvalue weighted by molar-refractivity contribution is 6.18. The second-order valence-corrected chi connectivity index (χ2v) is 8.18. The van der Waals surface area contributed by atoms with Crippen LogP contribution in [-0.4, -0.2) is 35.7 Å². The number of alkyl halides is 2. The number of carbonyl (C=O) groups is 1. The number of amides is 1. The van der Waals surface area contributed by atoms with Gasteiger partial charge in [-0.1, -0.05) is 66.2 Å². The van der Waals surface area contributed by atoms with Gasteiger partial charge >= 0.3 is 0 Å². The molecule has 0 saturated heterocycles. The number of hydrogen-bond acceptors (Lipinski definition) is 2. The predicted octanol–water partition coefficient (Wildman–Crippen LogP) is 5.64.